The molecule has 1 N–H and O–H groups in total. The van der Waals surface area contributed by atoms with E-state index in [2.05, 4.69) is 4.98 Å². The zero-order chi connectivity index (χ0) is 28.3. The number of alkyl halides is 3. The molecule has 2 aromatic carbocycles. The minimum Gasteiger partial charge on any atom is -0.472 e. The molecule has 6 nitrogen and oxygen atoms in total. The summed E-state index contributed by atoms with van der Waals surface area (Å²) in [4.78, 5) is 21.5. The largest absolute Gasteiger partial charge is 0.472 e. The van der Waals surface area contributed by atoms with Gasteiger partial charge in [-0.1, -0.05) is 37.3 Å². The number of carbonyl (C=O) groups is 1. The lowest BCUT2D eigenvalue weighted by molar-refractivity contribution is -0.137. The van der Waals surface area contributed by atoms with E-state index in [0.717, 1.165) is 12.1 Å². The number of hydrogen-bond acceptors (Lipinski definition) is 5. The lowest BCUT2D eigenvalue weighted by Crippen LogP contribution is -2.49. The number of aliphatic hydroxyl groups is 1. The van der Waals surface area contributed by atoms with Gasteiger partial charge in [0.05, 0.1) is 18.2 Å². The molecule has 1 aliphatic heterocycles. The standard InChI is InChI=1S/C29H31F4N3O3/c1-18-14-36(19(2)17-37)28(38)25-12-22(21-7-9-24(30)10-8-21)13-34-27(25)39-26(18)16-35(3)15-20-5-4-6-23(11-20)29(31,32)33/h4-13,18-19,26,37H,14-17H2,1-3H3/t18-,19+,26-/m0/s1. The summed E-state index contributed by atoms with van der Waals surface area (Å²) in [6.07, 6.45) is -3.33. The molecule has 208 valence electrons. The van der Waals surface area contributed by atoms with Crippen molar-refractivity contribution in [3.05, 3.63) is 83.3 Å². The molecule has 1 aromatic heterocycles. The van der Waals surface area contributed by atoms with Crippen molar-refractivity contribution >= 4 is 5.91 Å². The van der Waals surface area contributed by atoms with Gasteiger partial charge in [0, 0.05) is 37.3 Å². The maximum absolute atomic E-state index is 13.6. The first-order chi connectivity index (χ1) is 18.5. The number of likely N-dealkylation sites (N-methyl/N-ethyl adjacent to an activating group) is 1. The highest BCUT2D eigenvalue weighted by molar-refractivity contribution is 5.98. The summed E-state index contributed by atoms with van der Waals surface area (Å²) < 4.78 is 59.2. The molecule has 0 saturated heterocycles. The van der Waals surface area contributed by atoms with Crippen molar-refractivity contribution in [2.45, 2.75) is 38.7 Å². The van der Waals surface area contributed by atoms with Gasteiger partial charge < -0.3 is 14.7 Å². The number of pyridine rings is 1. The molecule has 3 aromatic rings. The van der Waals surface area contributed by atoms with Crippen LogP contribution < -0.4 is 4.74 Å². The number of aliphatic hydroxyl groups excluding tert-OH is 1. The number of halogens is 4. The lowest BCUT2D eigenvalue weighted by Gasteiger charge is -2.37. The van der Waals surface area contributed by atoms with Crippen LogP contribution in [0.2, 0.25) is 0 Å². The van der Waals surface area contributed by atoms with Crippen LogP contribution in [-0.2, 0) is 12.7 Å². The monoisotopic (exact) mass is 545 g/mol. The van der Waals surface area contributed by atoms with E-state index in [-0.39, 0.29) is 42.2 Å². The van der Waals surface area contributed by atoms with Gasteiger partial charge in [-0.3, -0.25) is 9.69 Å². The number of aromatic nitrogens is 1. The van der Waals surface area contributed by atoms with Crippen LogP contribution >= 0.6 is 0 Å². The molecule has 0 bridgehead atoms. The Morgan fingerprint density at radius 1 is 1.15 bits per heavy atom. The van der Waals surface area contributed by atoms with Crippen LogP contribution in [0.4, 0.5) is 17.6 Å². The Morgan fingerprint density at radius 3 is 2.54 bits per heavy atom. The first-order valence-corrected chi connectivity index (χ1v) is 12.7. The van der Waals surface area contributed by atoms with Crippen LogP contribution in [0.3, 0.4) is 0 Å². The fourth-order valence-corrected chi connectivity index (χ4v) is 4.65. The first kappa shape index (κ1) is 28.5. The van der Waals surface area contributed by atoms with Crippen molar-refractivity contribution in [1.82, 2.24) is 14.8 Å². The fraction of sp³-hybridized carbons (Fsp3) is 0.379. The van der Waals surface area contributed by atoms with E-state index in [1.165, 1.54) is 18.2 Å². The van der Waals surface area contributed by atoms with E-state index in [4.69, 9.17) is 4.74 Å². The molecule has 39 heavy (non-hydrogen) atoms. The van der Waals surface area contributed by atoms with E-state index < -0.39 is 23.9 Å². The molecule has 0 unspecified atom stereocenters. The van der Waals surface area contributed by atoms with Crippen molar-refractivity contribution in [1.29, 1.82) is 0 Å². The van der Waals surface area contributed by atoms with Gasteiger partial charge in [0.15, 0.2) is 0 Å². The SMILES string of the molecule is C[C@H](CO)N1C[C@H](C)[C@H](CN(C)Cc2cccc(C(F)(F)F)c2)Oc2ncc(-c3ccc(F)cc3)cc2C1=O. The molecule has 0 saturated carbocycles. The predicted molar refractivity (Wildman–Crippen MR) is 139 cm³/mol. The summed E-state index contributed by atoms with van der Waals surface area (Å²) in [6.45, 7) is 4.34. The van der Waals surface area contributed by atoms with Crippen molar-refractivity contribution in [2.24, 2.45) is 5.92 Å². The summed E-state index contributed by atoms with van der Waals surface area (Å²) in [7, 11) is 1.79. The maximum Gasteiger partial charge on any atom is 0.416 e. The number of carbonyl (C=O) groups excluding carboxylic acids is 1. The minimum absolute atomic E-state index is 0.130. The second kappa shape index (κ2) is 11.7. The molecule has 1 aliphatic rings. The highest BCUT2D eigenvalue weighted by atomic mass is 19.4. The molecular weight excluding hydrogens is 514 g/mol. The summed E-state index contributed by atoms with van der Waals surface area (Å²) >= 11 is 0. The van der Waals surface area contributed by atoms with Gasteiger partial charge >= 0.3 is 6.18 Å². The smallest absolute Gasteiger partial charge is 0.416 e. The summed E-state index contributed by atoms with van der Waals surface area (Å²) in [5.74, 6) is -0.777. The third-order valence-electron chi connectivity index (χ3n) is 6.90. The lowest BCUT2D eigenvalue weighted by atomic mass is 9.99. The number of amides is 1. The topological polar surface area (TPSA) is 65.9 Å². The number of ether oxygens (including phenoxy) is 1. The summed E-state index contributed by atoms with van der Waals surface area (Å²) in [6, 6.07) is 12.2. The Kier molecular flexibility index (Phi) is 8.56. The molecule has 0 spiro atoms. The molecule has 3 atom stereocenters. The van der Waals surface area contributed by atoms with Gasteiger partial charge in [0.25, 0.3) is 5.91 Å². The third kappa shape index (κ3) is 6.75. The third-order valence-corrected chi connectivity index (χ3v) is 6.90. The molecular formula is C29H31F4N3O3. The Balaban J connectivity index is 1.62. The number of rotatable bonds is 7. The highest BCUT2D eigenvalue weighted by Gasteiger charge is 2.34. The van der Waals surface area contributed by atoms with Crippen molar-refractivity contribution in [3.8, 4) is 17.0 Å². The van der Waals surface area contributed by atoms with Crippen LogP contribution in [0.5, 0.6) is 5.88 Å². The Hall–Kier alpha value is -3.50. The minimum atomic E-state index is -4.42. The van der Waals surface area contributed by atoms with Gasteiger partial charge in [0.2, 0.25) is 5.88 Å². The fourth-order valence-electron chi connectivity index (χ4n) is 4.65. The van der Waals surface area contributed by atoms with Crippen LogP contribution in [0.1, 0.15) is 35.3 Å². The second-order valence-corrected chi connectivity index (χ2v) is 10.1. The van der Waals surface area contributed by atoms with Crippen molar-refractivity contribution in [3.63, 3.8) is 0 Å². The average Bonchev–Trinajstić information content (AvgIpc) is 2.90. The normalized spacial score (nSPS) is 18.8. The maximum atomic E-state index is 13.6. The number of fused-ring (bicyclic) bond motifs is 1. The first-order valence-electron chi connectivity index (χ1n) is 12.7. The number of nitrogens with zero attached hydrogens (tertiary/aromatic N) is 3. The highest BCUT2D eigenvalue weighted by Crippen LogP contribution is 2.32. The van der Waals surface area contributed by atoms with Crippen molar-refractivity contribution < 1.29 is 32.2 Å². The Morgan fingerprint density at radius 2 is 1.87 bits per heavy atom. The average molecular weight is 546 g/mol. The zero-order valence-electron chi connectivity index (χ0n) is 22.0. The van der Waals surface area contributed by atoms with E-state index in [9.17, 15) is 27.5 Å². The van der Waals surface area contributed by atoms with Crippen LogP contribution in [0.25, 0.3) is 11.1 Å². The predicted octanol–water partition coefficient (Wildman–Crippen LogP) is 5.26. The molecule has 10 heteroatoms. The number of hydrogen-bond donors (Lipinski definition) is 1. The number of benzene rings is 2. The molecule has 0 fully saturated rings. The van der Waals surface area contributed by atoms with Crippen LogP contribution in [0.15, 0.2) is 60.8 Å². The van der Waals surface area contributed by atoms with E-state index >= 15 is 0 Å². The van der Waals surface area contributed by atoms with Gasteiger partial charge in [-0.2, -0.15) is 13.2 Å². The molecule has 0 radical (unpaired) electrons. The van der Waals surface area contributed by atoms with Crippen molar-refractivity contribution in [2.75, 3.05) is 26.7 Å². The quantitative estimate of drug-likeness (QED) is 0.411. The van der Waals surface area contributed by atoms with E-state index in [0.29, 0.717) is 29.8 Å². The van der Waals surface area contributed by atoms with Crippen LogP contribution in [-0.4, -0.2) is 64.7 Å². The zero-order valence-corrected chi connectivity index (χ0v) is 22.0. The van der Waals surface area contributed by atoms with E-state index in [1.807, 2.05) is 11.8 Å². The molecule has 4 rings (SSSR count). The van der Waals surface area contributed by atoms with E-state index in [1.54, 1.807) is 49.3 Å². The summed E-state index contributed by atoms with van der Waals surface area (Å²) in [5, 5.41) is 9.85. The van der Waals surface area contributed by atoms with Gasteiger partial charge in [-0.05, 0) is 49.4 Å². The Labute approximate surface area is 224 Å². The molecule has 0 aliphatic carbocycles. The second-order valence-electron chi connectivity index (χ2n) is 10.1. The summed E-state index contributed by atoms with van der Waals surface area (Å²) in [5.41, 5.74) is 1.31. The molecule has 2 heterocycles. The van der Waals surface area contributed by atoms with Gasteiger partial charge in [-0.25, -0.2) is 9.37 Å². The molecule has 1 amide bonds. The van der Waals surface area contributed by atoms with Gasteiger partial charge in [-0.15, -0.1) is 0 Å². The van der Waals surface area contributed by atoms with Crippen LogP contribution in [0, 0.1) is 11.7 Å². The van der Waals surface area contributed by atoms with Gasteiger partial charge in [0.1, 0.15) is 17.5 Å². The Bertz CT molecular complexity index is 1300.